The lowest BCUT2D eigenvalue weighted by Crippen LogP contribution is -2.30. The molecule has 0 atom stereocenters. The Balaban J connectivity index is 1.46. The van der Waals surface area contributed by atoms with E-state index in [9.17, 15) is 9.59 Å². The van der Waals surface area contributed by atoms with Crippen molar-refractivity contribution in [2.75, 3.05) is 22.5 Å². The van der Waals surface area contributed by atoms with Gasteiger partial charge in [-0.2, -0.15) is 0 Å². The lowest BCUT2D eigenvalue weighted by atomic mass is 10.2. The summed E-state index contributed by atoms with van der Waals surface area (Å²) in [6, 6.07) is 20.8. The third-order valence-electron chi connectivity index (χ3n) is 5.04. The maximum Gasteiger partial charge on any atom is 0.256 e. The van der Waals surface area contributed by atoms with Gasteiger partial charge in [0.2, 0.25) is 5.91 Å². The van der Waals surface area contributed by atoms with Crippen molar-refractivity contribution in [3.63, 3.8) is 0 Å². The number of benzene rings is 3. The Labute approximate surface area is 185 Å². The largest absolute Gasteiger partial charge is 0.321 e. The van der Waals surface area contributed by atoms with Gasteiger partial charge in [-0.3, -0.25) is 9.59 Å². The van der Waals surface area contributed by atoms with Crippen molar-refractivity contribution >= 4 is 46.6 Å². The van der Waals surface area contributed by atoms with Crippen LogP contribution in [0.25, 0.3) is 0 Å². The minimum absolute atomic E-state index is 0.0433. The number of anilines is 2. The molecule has 1 aliphatic rings. The average molecular weight is 437 g/mol. The van der Waals surface area contributed by atoms with Crippen LogP contribution in [0.1, 0.15) is 21.5 Å². The number of hydrogen-bond acceptors (Lipinski definition) is 3. The summed E-state index contributed by atoms with van der Waals surface area (Å²) in [6.07, 6.45) is 0.878. The first-order valence-corrected chi connectivity index (χ1v) is 11.1. The van der Waals surface area contributed by atoms with Crippen molar-refractivity contribution < 1.29 is 9.59 Å². The molecule has 3 aromatic rings. The first-order chi connectivity index (χ1) is 14.5. The zero-order valence-electron chi connectivity index (χ0n) is 16.5. The summed E-state index contributed by atoms with van der Waals surface area (Å²) in [5.74, 6) is 0.0637. The summed E-state index contributed by atoms with van der Waals surface area (Å²) in [5.41, 5.74) is 4.30. The topological polar surface area (TPSA) is 49.4 Å². The molecular formula is C24H21ClN2O2S. The molecule has 0 saturated carbocycles. The summed E-state index contributed by atoms with van der Waals surface area (Å²) in [5, 5.41) is 3.37. The highest BCUT2D eigenvalue weighted by molar-refractivity contribution is 8.00. The summed E-state index contributed by atoms with van der Waals surface area (Å²) in [4.78, 5) is 28.3. The van der Waals surface area contributed by atoms with E-state index < -0.39 is 0 Å². The first kappa shape index (κ1) is 20.5. The number of thioether (sulfide) groups is 1. The Morgan fingerprint density at radius 2 is 1.83 bits per heavy atom. The summed E-state index contributed by atoms with van der Waals surface area (Å²) in [6.45, 7) is 2.64. The molecule has 0 aliphatic carbocycles. The molecule has 6 heteroatoms. The molecule has 1 N–H and O–H groups in total. The number of hydrogen-bond donors (Lipinski definition) is 1. The molecule has 4 rings (SSSR count). The average Bonchev–Trinajstić information content (AvgIpc) is 3.18. The SMILES string of the molecule is Cc1ccc(NC(=O)c2ccccc2SCC(=O)N2CCc3ccccc32)c(Cl)c1. The molecule has 0 fully saturated rings. The van der Waals surface area contributed by atoms with Crippen molar-refractivity contribution in [1.82, 2.24) is 0 Å². The number of carbonyl (C=O) groups is 2. The van der Waals surface area contributed by atoms with Crippen molar-refractivity contribution in [2.24, 2.45) is 0 Å². The monoisotopic (exact) mass is 436 g/mol. The standard InChI is InChI=1S/C24H21ClN2O2S/c1-16-10-11-20(19(25)14-16)26-24(29)18-7-3-5-9-22(18)30-15-23(28)27-13-12-17-6-2-4-8-21(17)27/h2-11,14H,12-13,15H2,1H3,(H,26,29). The molecule has 0 radical (unpaired) electrons. The molecule has 0 unspecified atom stereocenters. The molecule has 1 heterocycles. The van der Waals surface area contributed by atoms with Crippen LogP contribution in [0.5, 0.6) is 0 Å². The van der Waals surface area contributed by atoms with E-state index in [0.29, 0.717) is 22.8 Å². The van der Waals surface area contributed by atoms with Crippen LogP contribution in [0.2, 0.25) is 5.02 Å². The number of fused-ring (bicyclic) bond motifs is 1. The molecule has 152 valence electrons. The Bertz CT molecular complexity index is 1120. The van der Waals surface area contributed by atoms with Gasteiger partial charge in [-0.1, -0.05) is 48.0 Å². The van der Waals surface area contributed by atoms with E-state index in [1.54, 1.807) is 12.1 Å². The summed E-state index contributed by atoms with van der Waals surface area (Å²) < 4.78 is 0. The second-order valence-corrected chi connectivity index (χ2v) is 8.57. The molecule has 0 bridgehead atoms. The van der Waals surface area contributed by atoms with Crippen molar-refractivity contribution in [2.45, 2.75) is 18.2 Å². The van der Waals surface area contributed by atoms with Crippen LogP contribution in [0, 0.1) is 6.92 Å². The number of nitrogens with zero attached hydrogens (tertiary/aromatic N) is 1. The van der Waals surface area contributed by atoms with Gasteiger partial charge in [-0.25, -0.2) is 0 Å². The molecule has 30 heavy (non-hydrogen) atoms. The number of carbonyl (C=O) groups excluding carboxylic acids is 2. The van der Waals surface area contributed by atoms with E-state index in [1.165, 1.54) is 17.3 Å². The molecule has 0 saturated heterocycles. The normalized spacial score (nSPS) is 12.5. The van der Waals surface area contributed by atoms with Gasteiger partial charge in [-0.05, 0) is 54.8 Å². The number of rotatable bonds is 5. The van der Waals surface area contributed by atoms with Gasteiger partial charge in [0, 0.05) is 17.1 Å². The second kappa shape index (κ2) is 8.94. The maximum atomic E-state index is 12.9. The van der Waals surface area contributed by atoms with Crippen LogP contribution < -0.4 is 10.2 Å². The Kier molecular flexibility index (Phi) is 6.11. The smallest absolute Gasteiger partial charge is 0.256 e. The highest BCUT2D eigenvalue weighted by atomic mass is 35.5. The molecule has 1 aliphatic heterocycles. The number of para-hydroxylation sites is 1. The highest BCUT2D eigenvalue weighted by Crippen LogP contribution is 2.30. The zero-order chi connectivity index (χ0) is 21.1. The Hall–Kier alpha value is -2.76. The van der Waals surface area contributed by atoms with E-state index in [0.717, 1.165) is 22.6 Å². The van der Waals surface area contributed by atoms with E-state index in [1.807, 2.05) is 60.4 Å². The van der Waals surface area contributed by atoms with Crippen molar-refractivity contribution in [1.29, 1.82) is 0 Å². The van der Waals surface area contributed by atoms with Crippen LogP contribution in [0.4, 0.5) is 11.4 Å². The number of halogens is 1. The maximum absolute atomic E-state index is 12.9. The minimum atomic E-state index is -0.247. The van der Waals surface area contributed by atoms with Gasteiger partial charge in [0.05, 0.1) is 22.0 Å². The van der Waals surface area contributed by atoms with E-state index >= 15 is 0 Å². The predicted octanol–water partition coefficient (Wildman–Crippen LogP) is 5.58. The predicted molar refractivity (Wildman–Crippen MR) is 124 cm³/mol. The summed E-state index contributed by atoms with van der Waals surface area (Å²) in [7, 11) is 0. The van der Waals surface area contributed by atoms with E-state index in [2.05, 4.69) is 11.4 Å². The highest BCUT2D eigenvalue weighted by Gasteiger charge is 2.24. The quantitative estimate of drug-likeness (QED) is 0.531. The van der Waals surface area contributed by atoms with Crippen LogP contribution in [-0.4, -0.2) is 24.1 Å². The molecule has 2 amide bonds. The fraction of sp³-hybridized carbons (Fsp3) is 0.167. The van der Waals surface area contributed by atoms with Crippen LogP contribution in [0.15, 0.2) is 71.6 Å². The molecular weight excluding hydrogens is 416 g/mol. The van der Waals surface area contributed by atoms with E-state index in [4.69, 9.17) is 11.6 Å². The first-order valence-electron chi connectivity index (χ1n) is 9.70. The van der Waals surface area contributed by atoms with Crippen LogP contribution >= 0.6 is 23.4 Å². The third-order valence-corrected chi connectivity index (χ3v) is 6.41. The Morgan fingerprint density at radius 3 is 2.67 bits per heavy atom. The fourth-order valence-electron chi connectivity index (χ4n) is 3.51. The zero-order valence-corrected chi connectivity index (χ0v) is 18.1. The summed E-state index contributed by atoms with van der Waals surface area (Å²) >= 11 is 7.62. The number of aryl methyl sites for hydroxylation is 1. The van der Waals surface area contributed by atoms with Gasteiger partial charge < -0.3 is 10.2 Å². The second-order valence-electron chi connectivity index (χ2n) is 7.15. The minimum Gasteiger partial charge on any atom is -0.321 e. The van der Waals surface area contributed by atoms with Gasteiger partial charge in [0.15, 0.2) is 0 Å². The molecule has 4 nitrogen and oxygen atoms in total. The third kappa shape index (κ3) is 4.37. The fourth-order valence-corrected chi connectivity index (χ4v) is 4.71. The van der Waals surface area contributed by atoms with E-state index in [-0.39, 0.29) is 17.6 Å². The lowest BCUT2D eigenvalue weighted by Gasteiger charge is -2.17. The Morgan fingerprint density at radius 1 is 1.07 bits per heavy atom. The van der Waals surface area contributed by atoms with Crippen LogP contribution in [-0.2, 0) is 11.2 Å². The number of nitrogens with one attached hydrogen (secondary N) is 1. The number of amides is 2. The van der Waals surface area contributed by atoms with Crippen molar-refractivity contribution in [3.05, 3.63) is 88.4 Å². The molecule has 0 aromatic heterocycles. The van der Waals surface area contributed by atoms with Gasteiger partial charge in [0.1, 0.15) is 0 Å². The lowest BCUT2D eigenvalue weighted by molar-refractivity contribution is -0.116. The van der Waals surface area contributed by atoms with Gasteiger partial charge >= 0.3 is 0 Å². The molecule has 3 aromatic carbocycles. The van der Waals surface area contributed by atoms with Crippen molar-refractivity contribution in [3.8, 4) is 0 Å². The van der Waals surface area contributed by atoms with Gasteiger partial charge in [0.25, 0.3) is 5.91 Å². The van der Waals surface area contributed by atoms with Gasteiger partial charge in [-0.15, -0.1) is 11.8 Å². The van der Waals surface area contributed by atoms with Crippen LogP contribution in [0.3, 0.4) is 0 Å². The molecule has 0 spiro atoms.